The number of allylic oxidation sites excluding steroid dienone is 4. The Morgan fingerprint density at radius 3 is 2.61 bits per heavy atom. The Morgan fingerprint density at radius 2 is 1.92 bits per heavy atom. The van der Waals surface area contributed by atoms with E-state index in [9.17, 15) is 15.0 Å². The molecule has 4 heteroatoms. The van der Waals surface area contributed by atoms with Crippen LogP contribution in [0.1, 0.15) is 91.9 Å². The van der Waals surface area contributed by atoms with Crippen molar-refractivity contribution in [1.82, 2.24) is 0 Å². The van der Waals surface area contributed by atoms with Crippen molar-refractivity contribution in [1.29, 1.82) is 0 Å². The molecule has 0 aromatic carbocycles. The van der Waals surface area contributed by atoms with Gasteiger partial charge >= 0.3 is 5.97 Å². The smallest absolute Gasteiger partial charge is 0.309 e. The summed E-state index contributed by atoms with van der Waals surface area (Å²) in [5.74, 6) is 2.05. The molecule has 4 fully saturated rings. The third-order valence-corrected chi connectivity index (χ3v) is 9.89. The molecule has 0 bridgehead atoms. The maximum Gasteiger partial charge on any atom is 0.309 e. The average molecular weight is 497 g/mol. The van der Waals surface area contributed by atoms with Crippen LogP contribution in [-0.2, 0) is 9.53 Å². The van der Waals surface area contributed by atoms with Crippen LogP contribution in [0.4, 0.5) is 0 Å². The van der Waals surface area contributed by atoms with Crippen LogP contribution in [0.3, 0.4) is 0 Å². The van der Waals surface area contributed by atoms with Crippen molar-refractivity contribution in [2.45, 2.75) is 110 Å². The van der Waals surface area contributed by atoms with Crippen molar-refractivity contribution in [3.63, 3.8) is 0 Å². The summed E-state index contributed by atoms with van der Waals surface area (Å²) in [6.07, 6.45) is 17.9. The van der Waals surface area contributed by atoms with Crippen molar-refractivity contribution < 1.29 is 19.7 Å². The number of fused-ring (bicyclic) bond motifs is 1. The van der Waals surface area contributed by atoms with Crippen LogP contribution < -0.4 is 0 Å². The summed E-state index contributed by atoms with van der Waals surface area (Å²) >= 11 is 0. The van der Waals surface area contributed by atoms with Gasteiger partial charge in [0.2, 0.25) is 0 Å². The number of carbonyl (C=O) groups excluding carboxylic acids is 1. The fourth-order valence-corrected chi connectivity index (χ4v) is 7.16. The Hall–Kier alpha value is -1.65. The SMILES string of the molecule is C=C1C(=CC=C2CCC[C@]3(C)[C@@H]([C@H](C)C=C[C@H](OC(=O)C(C)CC)C4CC4)CC[C@@H]23)C[C@@H](O)C[C@@H]1O. The van der Waals surface area contributed by atoms with Crippen LogP contribution in [0, 0.1) is 35.0 Å². The number of aliphatic hydroxyl groups excluding tert-OH is 2. The van der Waals surface area contributed by atoms with Gasteiger partial charge in [0.15, 0.2) is 0 Å². The molecular formula is C32H48O4. The highest BCUT2D eigenvalue weighted by Crippen LogP contribution is 2.59. The zero-order valence-electron chi connectivity index (χ0n) is 22.9. The summed E-state index contributed by atoms with van der Waals surface area (Å²) in [6, 6.07) is 0. The maximum atomic E-state index is 12.4. The monoisotopic (exact) mass is 496 g/mol. The molecule has 0 heterocycles. The van der Waals surface area contributed by atoms with Gasteiger partial charge in [0, 0.05) is 6.42 Å². The molecule has 4 aliphatic carbocycles. The van der Waals surface area contributed by atoms with Crippen LogP contribution in [-0.4, -0.2) is 34.5 Å². The van der Waals surface area contributed by atoms with E-state index in [4.69, 9.17) is 4.74 Å². The zero-order valence-corrected chi connectivity index (χ0v) is 22.9. The van der Waals surface area contributed by atoms with Crippen molar-refractivity contribution >= 4 is 5.97 Å². The molecule has 200 valence electrons. The molecule has 0 amide bonds. The van der Waals surface area contributed by atoms with Crippen molar-refractivity contribution in [2.24, 2.45) is 35.0 Å². The molecule has 0 aromatic heterocycles. The molecule has 4 nitrogen and oxygen atoms in total. The Bertz CT molecular complexity index is 909. The molecular weight excluding hydrogens is 448 g/mol. The van der Waals surface area contributed by atoms with Crippen LogP contribution in [0.2, 0.25) is 0 Å². The van der Waals surface area contributed by atoms with E-state index in [1.54, 1.807) is 0 Å². The van der Waals surface area contributed by atoms with Gasteiger partial charge in [-0.05, 0) is 104 Å². The van der Waals surface area contributed by atoms with Crippen molar-refractivity contribution in [3.05, 3.63) is 47.6 Å². The number of hydrogen-bond donors (Lipinski definition) is 2. The Labute approximate surface area is 218 Å². The lowest BCUT2D eigenvalue weighted by Crippen LogP contribution is -2.35. The first kappa shape index (κ1) is 27.4. The first-order valence-electron chi connectivity index (χ1n) is 14.5. The van der Waals surface area contributed by atoms with E-state index in [0.29, 0.717) is 36.5 Å². The molecule has 0 radical (unpaired) electrons. The van der Waals surface area contributed by atoms with Crippen LogP contribution in [0.15, 0.2) is 47.6 Å². The van der Waals surface area contributed by atoms with Crippen LogP contribution in [0.25, 0.3) is 0 Å². The highest BCUT2D eigenvalue weighted by atomic mass is 16.5. The standard InChI is InChI=1S/C32H48O4/c1-6-20(2)31(35)36-30(24-11-12-24)16-9-21(3)27-14-15-28-23(8-7-17-32(27,28)5)10-13-25-18-26(33)19-29(34)22(25)4/h9-10,13,16,20-21,24,26-30,33-34H,4,6-8,11-12,14-15,17-19H2,1-3,5H3/t20?,21-,26-,27-,28+,29+,30+,32-/m1/s1. The van der Waals surface area contributed by atoms with Crippen molar-refractivity contribution in [2.75, 3.05) is 0 Å². The maximum absolute atomic E-state index is 12.4. The number of ether oxygens (including phenoxy) is 1. The highest BCUT2D eigenvalue weighted by Gasteiger charge is 2.50. The third kappa shape index (κ3) is 5.91. The Kier molecular flexibility index (Phi) is 8.67. The quantitative estimate of drug-likeness (QED) is 0.290. The first-order chi connectivity index (χ1) is 17.1. The summed E-state index contributed by atoms with van der Waals surface area (Å²) in [7, 11) is 0. The molecule has 4 saturated carbocycles. The molecule has 0 aromatic rings. The third-order valence-electron chi connectivity index (χ3n) is 9.89. The lowest BCUT2D eigenvalue weighted by atomic mass is 9.61. The normalized spacial score (nSPS) is 37.8. The summed E-state index contributed by atoms with van der Waals surface area (Å²) < 4.78 is 5.92. The lowest BCUT2D eigenvalue weighted by molar-refractivity contribution is -0.152. The number of rotatable bonds is 8. The fourth-order valence-electron chi connectivity index (χ4n) is 7.16. The van der Waals surface area contributed by atoms with E-state index in [0.717, 1.165) is 36.8 Å². The summed E-state index contributed by atoms with van der Waals surface area (Å²) in [4.78, 5) is 12.4. The van der Waals surface area contributed by atoms with E-state index >= 15 is 0 Å². The molecule has 4 rings (SSSR count). The average Bonchev–Trinajstić information content (AvgIpc) is 3.63. The topological polar surface area (TPSA) is 66.8 Å². The Morgan fingerprint density at radius 1 is 1.17 bits per heavy atom. The number of carbonyl (C=O) groups is 1. The minimum absolute atomic E-state index is 0.0358. The van der Waals surface area contributed by atoms with E-state index in [-0.39, 0.29) is 23.4 Å². The number of esters is 1. The predicted molar refractivity (Wildman–Crippen MR) is 145 cm³/mol. The molecule has 0 aliphatic heterocycles. The van der Waals surface area contributed by atoms with E-state index in [1.807, 2.05) is 13.8 Å². The van der Waals surface area contributed by atoms with Gasteiger partial charge in [0.05, 0.1) is 18.1 Å². The minimum Gasteiger partial charge on any atom is -0.458 e. The van der Waals surface area contributed by atoms with Gasteiger partial charge in [0.25, 0.3) is 0 Å². The van der Waals surface area contributed by atoms with Gasteiger partial charge in [-0.15, -0.1) is 0 Å². The van der Waals surface area contributed by atoms with Crippen molar-refractivity contribution in [3.8, 4) is 0 Å². The van der Waals surface area contributed by atoms with Gasteiger partial charge in [-0.1, -0.05) is 58.1 Å². The Balaban J connectivity index is 1.45. The van der Waals surface area contributed by atoms with E-state index in [1.165, 1.54) is 31.3 Å². The molecule has 2 N–H and O–H groups in total. The summed E-state index contributed by atoms with van der Waals surface area (Å²) in [5, 5.41) is 20.3. The fraction of sp³-hybridized carbons (Fsp3) is 0.719. The number of hydrogen-bond acceptors (Lipinski definition) is 4. The number of aliphatic hydroxyl groups is 2. The van der Waals surface area contributed by atoms with Crippen LogP contribution in [0.5, 0.6) is 0 Å². The lowest BCUT2D eigenvalue weighted by Gasteiger charge is -2.44. The highest BCUT2D eigenvalue weighted by molar-refractivity contribution is 5.72. The molecule has 0 saturated heterocycles. The van der Waals surface area contributed by atoms with Crippen LogP contribution >= 0.6 is 0 Å². The van der Waals surface area contributed by atoms with E-state index in [2.05, 4.69) is 44.7 Å². The van der Waals surface area contributed by atoms with Gasteiger partial charge in [0.1, 0.15) is 6.10 Å². The summed E-state index contributed by atoms with van der Waals surface area (Å²) in [6.45, 7) is 12.9. The molecule has 36 heavy (non-hydrogen) atoms. The first-order valence-corrected chi connectivity index (χ1v) is 14.5. The van der Waals surface area contributed by atoms with Gasteiger partial charge in [-0.25, -0.2) is 0 Å². The van der Waals surface area contributed by atoms with Gasteiger partial charge in [-0.2, -0.15) is 0 Å². The second-order valence-corrected chi connectivity index (χ2v) is 12.5. The van der Waals surface area contributed by atoms with Gasteiger partial charge < -0.3 is 14.9 Å². The van der Waals surface area contributed by atoms with E-state index < -0.39 is 12.2 Å². The molecule has 0 spiro atoms. The minimum atomic E-state index is -0.637. The predicted octanol–water partition coefficient (Wildman–Crippen LogP) is 6.69. The zero-order chi connectivity index (χ0) is 26.0. The molecule has 8 atom stereocenters. The van der Waals surface area contributed by atoms with Gasteiger partial charge in [-0.3, -0.25) is 4.79 Å². The largest absolute Gasteiger partial charge is 0.458 e. The molecule has 1 unspecified atom stereocenters. The summed E-state index contributed by atoms with van der Waals surface area (Å²) in [5.41, 5.74) is 3.55. The molecule has 4 aliphatic rings. The second kappa shape index (κ2) is 11.4. The second-order valence-electron chi connectivity index (χ2n) is 12.5.